The quantitative estimate of drug-likeness (QED) is 0.232. The Kier molecular flexibility index (Phi) is 8.77. The third-order valence-electron chi connectivity index (χ3n) is 6.77. The van der Waals surface area contributed by atoms with Crippen molar-refractivity contribution in [1.29, 1.82) is 0 Å². The predicted molar refractivity (Wildman–Crippen MR) is 135 cm³/mol. The summed E-state index contributed by atoms with van der Waals surface area (Å²) in [6.07, 6.45) is 2.40. The van der Waals surface area contributed by atoms with Gasteiger partial charge in [0, 0.05) is 20.1 Å². The number of amides is 2. The number of fused-ring (bicyclic) bond motifs is 1. The molecule has 1 aromatic carbocycles. The molecular weight excluding hydrogens is 553 g/mol. The Hall–Kier alpha value is -1.95. The molecule has 0 unspecified atom stereocenters. The van der Waals surface area contributed by atoms with Gasteiger partial charge in [-0.05, 0) is 77.6 Å². The molecule has 0 radical (unpaired) electrons. The zero-order valence-electron chi connectivity index (χ0n) is 19.9. The third-order valence-corrected chi connectivity index (χ3v) is 7.60. The summed E-state index contributed by atoms with van der Waals surface area (Å²) in [7, 11) is 4.52. The van der Waals surface area contributed by atoms with E-state index in [0.717, 1.165) is 21.6 Å². The number of halogens is 1. The van der Waals surface area contributed by atoms with Gasteiger partial charge in [0.1, 0.15) is 0 Å². The molecule has 4 atom stereocenters. The number of ether oxygens (including phenoxy) is 2. The molecule has 1 fully saturated rings. The van der Waals surface area contributed by atoms with Gasteiger partial charge < -0.3 is 24.8 Å². The van der Waals surface area contributed by atoms with E-state index < -0.39 is 23.9 Å². The Morgan fingerprint density at radius 1 is 1.29 bits per heavy atom. The average molecular weight is 585 g/mol. The van der Waals surface area contributed by atoms with Crippen LogP contribution in [0, 0.1) is 21.3 Å². The minimum atomic E-state index is -0.880. The molecule has 2 aliphatic rings. The standard InChI is InChI=1S/C25H32INO7/c1-13(7-14-8-18(26)23(30)20(9-14)34-4)5-6-19(29)21-15(12-33-3)10-16-22(17(21)11-28)25(32)27(2)24(16)31/h7-9,16-17,19,22,28-30H,5-6,10-12H2,1-4H3/b13-7+/t16-,17+,19-,22-/m1/s1. The van der Waals surface area contributed by atoms with Gasteiger partial charge in [-0.25, -0.2) is 0 Å². The summed E-state index contributed by atoms with van der Waals surface area (Å²) in [5.41, 5.74) is 3.29. The number of phenolic OH excluding ortho intramolecular Hbond substituents is 1. The highest BCUT2D eigenvalue weighted by molar-refractivity contribution is 14.1. The largest absolute Gasteiger partial charge is 0.504 e. The van der Waals surface area contributed by atoms with Gasteiger partial charge in [-0.3, -0.25) is 14.5 Å². The monoisotopic (exact) mass is 585 g/mol. The van der Waals surface area contributed by atoms with Gasteiger partial charge in [0.05, 0.1) is 41.8 Å². The average Bonchev–Trinajstić information content (AvgIpc) is 3.02. The number of hydrogen-bond donors (Lipinski definition) is 3. The molecule has 0 aromatic heterocycles. The van der Waals surface area contributed by atoms with Crippen molar-refractivity contribution in [1.82, 2.24) is 4.90 Å². The molecule has 0 spiro atoms. The number of carbonyl (C=O) groups is 2. The van der Waals surface area contributed by atoms with E-state index in [1.165, 1.54) is 14.2 Å². The molecule has 1 aromatic rings. The molecule has 3 rings (SSSR count). The number of imide groups is 1. The van der Waals surface area contributed by atoms with E-state index in [1.807, 2.05) is 41.7 Å². The van der Waals surface area contributed by atoms with E-state index in [0.29, 0.717) is 34.2 Å². The number of benzene rings is 1. The predicted octanol–water partition coefficient (Wildman–Crippen LogP) is 2.74. The van der Waals surface area contributed by atoms with Crippen molar-refractivity contribution in [2.24, 2.45) is 17.8 Å². The first-order chi connectivity index (χ1) is 16.1. The minimum Gasteiger partial charge on any atom is -0.504 e. The molecule has 1 aliphatic heterocycles. The van der Waals surface area contributed by atoms with Crippen molar-refractivity contribution < 1.29 is 34.4 Å². The molecule has 0 saturated carbocycles. The molecular formula is C25H32INO7. The third kappa shape index (κ3) is 5.17. The van der Waals surface area contributed by atoms with Crippen molar-refractivity contribution in [2.75, 3.05) is 34.5 Å². The van der Waals surface area contributed by atoms with Gasteiger partial charge in [-0.1, -0.05) is 11.6 Å². The smallest absolute Gasteiger partial charge is 0.233 e. The van der Waals surface area contributed by atoms with Gasteiger partial charge in [0.15, 0.2) is 11.5 Å². The van der Waals surface area contributed by atoms with Crippen LogP contribution in [0.15, 0.2) is 28.9 Å². The number of rotatable bonds is 9. The van der Waals surface area contributed by atoms with Crippen LogP contribution in [0.3, 0.4) is 0 Å². The van der Waals surface area contributed by atoms with Crippen LogP contribution in [0.2, 0.25) is 0 Å². The Balaban J connectivity index is 1.82. The maximum Gasteiger partial charge on any atom is 0.233 e. The summed E-state index contributed by atoms with van der Waals surface area (Å²) in [5.74, 6) is -1.85. The lowest BCUT2D eigenvalue weighted by Crippen LogP contribution is -2.39. The molecule has 1 aliphatic carbocycles. The van der Waals surface area contributed by atoms with Crippen molar-refractivity contribution in [2.45, 2.75) is 32.3 Å². The topological polar surface area (TPSA) is 117 Å². The summed E-state index contributed by atoms with van der Waals surface area (Å²) < 4.78 is 11.2. The van der Waals surface area contributed by atoms with Crippen LogP contribution in [0.25, 0.3) is 6.08 Å². The van der Waals surface area contributed by atoms with Crippen LogP contribution in [0.5, 0.6) is 11.5 Å². The van der Waals surface area contributed by atoms with E-state index in [9.17, 15) is 24.9 Å². The number of likely N-dealkylation sites (tertiary alicyclic amines) is 1. The van der Waals surface area contributed by atoms with Crippen molar-refractivity contribution in [3.05, 3.63) is 38.0 Å². The van der Waals surface area contributed by atoms with Crippen LogP contribution >= 0.6 is 22.6 Å². The first-order valence-corrected chi connectivity index (χ1v) is 12.3. The molecule has 3 N–H and O–H groups in total. The fraction of sp³-hybridized carbons (Fsp3) is 0.520. The molecule has 186 valence electrons. The molecule has 34 heavy (non-hydrogen) atoms. The number of methoxy groups -OCH3 is 2. The van der Waals surface area contributed by atoms with Gasteiger partial charge >= 0.3 is 0 Å². The van der Waals surface area contributed by atoms with E-state index in [-0.39, 0.29) is 30.8 Å². The fourth-order valence-electron chi connectivity index (χ4n) is 5.13. The highest BCUT2D eigenvalue weighted by atomic mass is 127. The highest BCUT2D eigenvalue weighted by Gasteiger charge is 2.53. The first kappa shape index (κ1) is 26.7. The van der Waals surface area contributed by atoms with Crippen LogP contribution < -0.4 is 4.74 Å². The number of phenols is 1. The highest BCUT2D eigenvalue weighted by Crippen LogP contribution is 2.46. The lowest BCUT2D eigenvalue weighted by Gasteiger charge is -2.36. The second-order valence-corrected chi connectivity index (χ2v) is 10.1. The summed E-state index contributed by atoms with van der Waals surface area (Å²) in [5, 5.41) is 31.4. The number of allylic oxidation sites excluding steroid dienone is 1. The maximum absolute atomic E-state index is 12.7. The lowest BCUT2D eigenvalue weighted by atomic mass is 9.68. The summed E-state index contributed by atoms with van der Waals surface area (Å²) in [4.78, 5) is 26.5. The first-order valence-electron chi connectivity index (χ1n) is 11.2. The summed E-state index contributed by atoms with van der Waals surface area (Å²) in [6, 6.07) is 3.60. The van der Waals surface area contributed by atoms with E-state index in [4.69, 9.17) is 9.47 Å². The second-order valence-electron chi connectivity index (χ2n) is 8.95. The second kappa shape index (κ2) is 11.2. The normalized spacial score (nSPS) is 24.0. The summed E-state index contributed by atoms with van der Waals surface area (Å²) in [6.45, 7) is 1.87. The maximum atomic E-state index is 12.7. The molecule has 1 heterocycles. The van der Waals surface area contributed by atoms with Crippen LogP contribution in [-0.4, -0.2) is 72.6 Å². The Morgan fingerprint density at radius 2 is 2.00 bits per heavy atom. The van der Waals surface area contributed by atoms with Gasteiger partial charge in [-0.2, -0.15) is 0 Å². The SMILES string of the molecule is COCC1=C([C@H](O)CC/C(C)=C/c2cc(I)c(O)c(OC)c2)[C@H](CO)[C@@H]2C(=O)N(C)C(=O)[C@@H]2C1. The van der Waals surface area contributed by atoms with Crippen LogP contribution in [0.4, 0.5) is 0 Å². The number of nitrogens with zero attached hydrogens (tertiary/aromatic N) is 1. The van der Waals surface area contributed by atoms with Gasteiger partial charge in [0.2, 0.25) is 11.8 Å². The van der Waals surface area contributed by atoms with Crippen molar-refractivity contribution >= 4 is 40.5 Å². The van der Waals surface area contributed by atoms with E-state index >= 15 is 0 Å². The fourth-order valence-corrected chi connectivity index (χ4v) is 5.76. The molecule has 8 nitrogen and oxygen atoms in total. The number of aromatic hydroxyl groups is 1. The summed E-state index contributed by atoms with van der Waals surface area (Å²) >= 11 is 2.04. The Bertz CT molecular complexity index is 1020. The molecule has 2 amide bonds. The Labute approximate surface area is 213 Å². The number of aliphatic hydroxyl groups excluding tert-OH is 2. The lowest BCUT2D eigenvalue weighted by molar-refractivity contribution is -0.138. The zero-order valence-corrected chi connectivity index (χ0v) is 22.0. The van der Waals surface area contributed by atoms with Crippen molar-refractivity contribution in [3.8, 4) is 11.5 Å². The minimum absolute atomic E-state index is 0.0992. The van der Waals surface area contributed by atoms with E-state index in [2.05, 4.69) is 0 Å². The van der Waals surface area contributed by atoms with Crippen molar-refractivity contribution in [3.63, 3.8) is 0 Å². The van der Waals surface area contributed by atoms with Gasteiger partial charge in [0.25, 0.3) is 0 Å². The van der Waals surface area contributed by atoms with Crippen LogP contribution in [0.1, 0.15) is 31.7 Å². The molecule has 1 saturated heterocycles. The molecule has 9 heteroatoms. The number of hydrogen-bond acceptors (Lipinski definition) is 7. The van der Waals surface area contributed by atoms with E-state index in [1.54, 1.807) is 13.2 Å². The number of carbonyl (C=O) groups excluding carboxylic acids is 2. The van der Waals surface area contributed by atoms with Crippen LogP contribution in [-0.2, 0) is 14.3 Å². The Morgan fingerprint density at radius 3 is 2.62 bits per heavy atom. The zero-order chi connectivity index (χ0) is 25.2. The molecule has 0 bridgehead atoms. The number of aliphatic hydroxyl groups is 2. The van der Waals surface area contributed by atoms with Gasteiger partial charge in [-0.15, -0.1) is 0 Å².